The number of nitrogens with one attached hydrogen (secondary N) is 1. The number of rotatable bonds is 10. The number of Topliss-reactive ketones (excluding diaryl/α,β-unsaturated/α-hetero) is 1. The monoisotopic (exact) mass is 575 g/mol. The first kappa shape index (κ1) is 29.0. The van der Waals surface area contributed by atoms with Crippen molar-refractivity contribution in [3.8, 4) is 22.8 Å². The molecule has 3 aromatic carbocycles. The van der Waals surface area contributed by atoms with Crippen molar-refractivity contribution in [1.29, 1.82) is 0 Å². The molecule has 1 heterocycles. The molecule has 2 N–H and O–H groups in total. The summed E-state index contributed by atoms with van der Waals surface area (Å²) < 4.78 is 11.7. The number of methoxy groups -OCH3 is 2. The third-order valence-electron chi connectivity index (χ3n) is 6.34. The predicted molar refractivity (Wildman–Crippen MR) is 153 cm³/mol. The lowest BCUT2D eigenvalue weighted by molar-refractivity contribution is -0.119. The van der Waals surface area contributed by atoms with Crippen LogP contribution in [0.4, 0.5) is 5.69 Å². The fraction of sp³-hybridized carbons (Fsp3) is 0.167. The molecule has 4 rings (SSSR count). The van der Waals surface area contributed by atoms with Crippen molar-refractivity contribution >= 4 is 34.9 Å². The average molecular weight is 576 g/mol. The molecule has 11 heteroatoms. The van der Waals surface area contributed by atoms with Gasteiger partial charge in [-0.3, -0.25) is 14.4 Å². The van der Waals surface area contributed by atoms with Gasteiger partial charge in [-0.15, -0.1) is 5.10 Å². The molecule has 210 valence electrons. The molecule has 4 aromatic rings. The largest absolute Gasteiger partial charge is 0.496 e. The lowest BCUT2D eigenvalue weighted by atomic mass is 9.98. The highest BCUT2D eigenvalue weighted by Gasteiger charge is 2.27. The number of carbonyl (C=O) groups excluding carboxylic acids is 2. The number of hydrogen-bond acceptors (Lipinski definition) is 7. The van der Waals surface area contributed by atoms with E-state index < -0.39 is 23.5 Å². The molecular formula is C30H26ClN3O7. The normalized spacial score (nSPS) is 11.4. The smallest absolute Gasteiger partial charge is 0.339 e. The van der Waals surface area contributed by atoms with E-state index in [0.29, 0.717) is 16.1 Å². The Morgan fingerprint density at radius 3 is 2.29 bits per heavy atom. The first-order chi connectivity index (χ1) is 19.6. The molecule has 0 saturated carbocycles. The van der Waals surface area contributed by atoms with Crippen molar-refractivity contribution in [3.63, 3.8) is 0 Å². The number of anilines is 1. The number of carboxylic acids is 1. The molecule has 0 aliphatic rings. The van der Waals surface area contributed by atoms with E-state index in [4.69, 9.17) is 21.1 Å². The van der Waals surface area contributed by atoms with E-state index in [2.05, 4.69) is 10.4 Å². The third kappa shape index (κ3) is 6.44. The van der Waals surface area contributed by atoms with Crippen LogP contribution in [-0.2, 0) is 11.2 Å². The minimum atomic E-state index is -1.18. The summed E-state index contributed by atoms with van der Waals surface area (Å²) in [6.45, 7) is 1.39. The van der Waals surface area contributed by atoms with Crippen LogP contribution in [0.1, 0.15) is 39.2 Å². The van der Waals surface area contributed by atoms with Crippen LogP contribution in [0.15, 0.2) is 77.6 Å². The van der Waals surface area contributed by atoms with Gasteiger partial charge in [-0.05, 0) is 48.4 Å². The molecule has 0 aliphatic carbocycles. The van der Waals surface area contributed by atoms with Gasteiger partial charge in [0.15, 0.2) is 5.78 Å². The van der Waals surface area contributed by atoms with Crippen molar-refractivity contribution in [2.75, 3.05) is 19.5 Å². The fourth-order valence-corrected chi connectivity index (χ4v) is 4.54. The van der Waals surface area contributed by atoms with Crippen molar-refractivity contribution in [1.82, 2.24) is 9.78 Å². The number of aromatic nitrogens is 2. The Kier molecular flexibility index (Phi) is 8.84. The summed E-state index contributed by atoms with van der Waals surface area (Å²) in [5.41, 5.74) is 1.26. The fourth-order valence-electron chi connectivity index (χ4n) is 4.36. The van der Waals surface area contributed by atoms with Gasteiger partial charge in [0.1, 0.15) is 17.4 Å². The highest BCUT2D eigenvalue weighted by molar-refractivity contribution is 6.31. The molecule has 0 saturated heterocycles. The van der Waals surface area contributed by atoms with Crippen molar-refractivity contribution in [2.45, 2.75) is 19.4 Å². The highest BCUT2D eigenvalue weighted by atomic mass is 35.5. The van der Waals surface area contributed by atoms with E-state index in [1.54, 1.807) is 18.2 Å². The summed E-state index contributed by atoms with van der Waals surface area (Å²) in [7, 11) is 2.68. The maximum atomic E-state index is 13.7. The van der Waals surface area contributed by atoms with Gasteiger partial charge in [0.2, 0.25) is 11.8 Å². The Labute approximate surface area is 240 Å². The van der Waals surface area contributed by atoms with Gasteiger partial charge in [0.05, 0.1) is 19.8 Å². The summed E-state index contributed by atoms with van der Waals surface area (Å²) in [5.74, 6) is -1.95. The van der Waals surface area contributed by atoms with Crippen molar-refractivity contribution in [2.24, 2.45) is 0 Å². The van der Waals surface area contributed by atoms with Gasteiger partial charge in [-0.2, -0.15) is 0 Å². The summed E-state index contributed by atoms with van der Waals surface area (Å²) in [5, 5.41) is 16.8. The summed E-state index contributed by atoms with van der Waals surface area (Å²) in [4.78, 5) is 50.9. The van der Waals surface area contributed by atoms with E-state index in [1.165, 1.54) is 45.4 Å². The minimum Gasteiger partial charge on any atom is -0.496 e. The maximum Gasteiger partial charge on any atom is 0.339 e. The number of nitrogens with zero attached hydrogens (tertiary/aromatic N) is 2. The first-order valence-electron chi connectivity index (χ1n) is 12.4. The molecule has 0 bridgehead atoms. The zero-order chi connectivity index (χ0) is 29.7. The molecule has 0 spiro atoms. The standard InChI is InChI=1S/C30H26ClN3O7/c1-17(35)21-11-9-19(31)14-23(21)24-16-27(36)34(33-29(24)41-3)25(13-18-7-5-4-6-8-18)28(37)32-20-10-12-22(30(38)39)26(15-20)40-2/h4-12,14-16,25H,13H2,1-3H3,(H,32,37)(H,38,39). The Hall–Kier alpha value is -4.96. The van der Waals surface area contributed by atoms with E-state index in [9.17, 15) is 24.3 Å². The SMILES string of the molecule is COc1cc(NC(=O)C(Cc2ccccc2)n2nc(OC)c(-c3cc(Cl)ccc3C(C)=O)cc2=O)ccc1C(=O)O. The second-order valence-electron chi connectivity index (χ2n) is 9.01. The van der Waals surface area contributed by atoms with Crippen LogP contribution in [0.25, 0.3) is 11.1 Å². The number of amides is 1. The summed E-state index contributed by atoms with van der Waals surface area (Å²) >= 11 is 6.20. The molecule has 41 heavy (non-hydrogen) atoms. The number of hydrogen-bond donors (Lipinski definition) is 2. The molecule has 1 atom stereocenters. The van der Waals surface area contributed by atoms with Gasteiger partial charge in [0, 0.05) is 34.8 Å². The van der Waals surface area contributed by atoms with Gasteiger partial charge in [-0.1, -0.05) is 41.9 Å². The van der Waals surface area contributed by atoms with Crippen molar-refractivity contribution in [3.05, 3.63) is 105 Å². The highest BCUT2D eigenvalue weighted by Crippen LogP contribution is 2.33. The number of ether oxygens (including phenoxy) is 2. The second kappa shape index (κ2) is 12.5. The number of halogens is 1. The predicted octanol–water partition coefficient (Wildman–Crippen LogP) is 4.90. The third-order valence-corrected chi connectivity index (χ3v) is 6.57. The number of carbonyl (C=O) groups is 3. The van der Waals surface area contributed by atoms with Gasteiger partial charge >= 0.3 is 5.97 Å². The van der Waals surface area contributed by atoms with Crippen LogP contribution >= 0.6 is 11.6 Å². The minimum absolute atomic E-state index is 0.00714. The summed E-state index contributed by atoms with van der Waals surface area (Å²) in [6, 6.07) is 18.0. The van der Waals surface area contributed by atoms with E-state index in [0.717, 1.165) is 10.2 Å². The van der Waals surface area contributed by atoms with Gasteiger partial charge < -0.3 is 19.9 Å². The number of aromatic carboxylic acids is 1. The molecular weight excluding hydrogens is 550 g/mol. The van der Waals surface area contributed by atoms with Crippen LogP contribution in [0, 0.1) is 0 Å². The van der Waals surface area contributed by atoms with E-state index >= 15 is 0 Å². The van der Waals surface area contributed by atoms with Crippen molar-refractivity contribution < 1.29 is 29.0 Å². The topological polar surface area (TPSA) is 137 Å². The number of carboxylic acid groups (broad SMARTS) is 1. The zero-order valence-corrected chi connectivity index (χ0v) is 23.1. The lowest BCUT2D eigenvalue weighted by Gasteiger charge is -2.21. The zero-order valence-electron chi connectivity index (χ0n) is 22.4. The first-order valence-corrected chi connectivity index (χ1v) is 12.8. The van der Waals surface area contributed by atoms with Crippen LogP contribution in [-0.4, -0.2) is 46.8 Å². The molecule has 0 radical (unpaired) electrons. The number of ketones is 1. The van der Waals surface area contributed by atoms with Gasteiger partial charge in [0.25, 0.3) is 5.56 Å². The van der Waals surface area contributed by atoms with Crippen LogP contribution < -0.4 is 20.3 Å². The van der Waals surface area contributed by atoms with Crippen LogP contribution in [0.5, 0.6) is 11.6 Å². The molecule has 1 unspecified atom stereocenters. The van der Waals surface area contributed by atoms with Crippen LogP contribution in [0.2, 0.25) is 5.02 Å². The molecule has 0 aliphatic heterocycles. The second-order valence-corrected chi connectivity index (χ2v) is 9.45. The lowest BCUT2D eigenvalue weighted by Crippen LogP contribution is -2.36. The Balaban J connectivity index is 1.81. The number of benzene rings is 3. The molecule has 10 nitrogen and oxygen atoms in total. The Morgan fingerprint density at radius 2 is 1.66 bits per heavy atom. The molecule has 1 amide bonds. The Morgan fingerprint density at radius 1 is 0.951 bits per heavy atom. The summed E-state index contributed by atoms with van der Waals surface area (Å²) in [6.07, 6.45) is 0.0995. The van der Waals surface area contributed by atoms with E-state index in [-0.39, 0.29) is 40.6 Å². The van der Waals surface area contributed by atoms with Gasteiger partial charge in [-0.25, -0.2) is 9.48 Å². The van der Waals surface area contributed by atoms with Crippen LogP contribution in [0.3, 0.4) is 0 Å². The maximum absolute atomic E-state index is 13.7. The quantitative estimate of drug-likeness (QED) is 0.255. The molecule has 0 fully saturated rings. The molecule has 1 aromatic heterocycles. The Bertz CT molecular complexity index is 1690. The average Bonchev–Trinajstić information content (AvgIpc) is 2.96. The van der Waals surface area contributed by atoms with E-state index in [1.807, 2.05) is 30.3 Å².